The lowest BCUT2D eigenvalue weighted by Gasteiger charge is -2.37. The standard InChI is InChI=1S/C15H21N3O2/c1-3-18-13-6-4-5-12(17-9-7-16-8-10-17)14(13)20-11(2)15(18)19/h4-6,11,16H,3,7-10H2,1-2H3. The van der Waals surface area contributed by atoms with E-state index in [4.69, 9.17) is 4.74 Å². The van der Waals surface area contributed by atoms with E-state index in [1.807, 2.05) is 30.9 Å². The van der Waals surface area contributed by atoms with Crippen molar-refractivity contribution in [2.45, 2.75) is 20.0 Å². The van der Waals surface area contributed by atoms with Crippen molar-refractivity contribution >= 4 is 17.3 Å². The third-order valence-corrected chi connectivity index (χ3v) is 3.95. The first-order valence-corrected chi connectivity index (χ1v) is 7.29. The summed E-state index contributed by atoms with van der Waals surface area (Å²) in [5.41, 5.74) is 1.99. The van der Waals surface area contributed by atoms with Crippen LogP contribution in [-0.2, 0) is 4.79 Å². The number of likely N-dealkylation sites (N-methyl/N-ethyl adjacent to an activating group) is 1. The Morgan fingerprint density at radius 3 is 2.70 bits per heavy atom. The van der Waals surface area contributed by atoms with Gasteiger partial charge in [0.25, 0.3) is 5.91 Å². The first kappa shape index (κ1) is 13.2. The molecule has 0 radical (unpaired) electrons. The van der Waals surface area contributed by atoms with Crippen molar-refractivity contribution in [3.8, 4) is 5.75 Å². The fourth-order valence-electron chi connectivity index (χ4n) is 2.89. The van der Waals surface area contributed by atoms with Gasteiger partial charge in [0.15, 0.2) is 11.9 Å². The first-order chi connectivity index (χ1) is 9.72. The van der Waals surface area contributed by atoms with E-state index in [9.17, 15) is 4.79 Å². The average Bonchev–Trinajstić information content (AvgIpc) is 2.49. The number of anilines is 2. The summed E-state index contributed by atoms with van der Waals surface area (Å²) in [7, 11) is 0. The number of nitrogens with zero attached hydrogens (tertiary/aromatic N) is 2. The molecule has 0 aromatic heterocycles. The molecule has 0 aliphatic carbocycles. The Bertz CT molecular complexity index is 512. The highest BCUT2D eigenvalue weighted by Crippen LogP contribution is 2.41. The molecule has 1 atom stereocenters. The van der Waals surface area contributed by atoms with Crippen LogP contribution in [0.15, 0.2) is 18.2 Å². The number of hydrogen-bond donors (Lipinski definition) is 1. The zero-order valence-corrected chi connectivity index (χ0v) is 12.1. The number of nitrogens with one attached hydrogen (secondary N) is 1. The van der Waals surface area contributed by atoms with Crippen LogP contribution in [0.25, 0.3) is 0 Å². The monoisotopic (exact) mass is 275 g/mol. The van der Waals surface area contributed by atoms with Gasteiger partial charge in [0.1, 0.15) is 0 Å². The second-order valence-electron chi connectivity index (χ2n) is 5.21. The summed E-state index contributed by atoms with van der Waals surface area (Å²) in [6.07, 6.45) is -0.411. The van der Waals surface area contributed by atoms with Crippen LogP contribution in [0.5, 0.6) is 5.75 Å². The third-order valence-electron chi connectivity index (χ3n) is 3.95. The van der Waals surface area contributed by atoms with Gasteiger partial charge < -0.3 is 19.9 Å². The van der Waals surface area contributed by atoms with Gasteiger partial charge in [-0.2, -0.15) is 0 Å². The number of amides is 1. The van der Waals surface area contributed by atoms with Gasteiger partial charge in [-0.05, 0) is 26.0 Å². The number of benzene rings is 1. The van der Waals surface area contributed by atoms with Crippen LogP contribution in [0.4, 0.5) is 11.4 Å². The highest BCUT2D eigenvalue weighted by atomic mass is 16.5. The molecule has 20 heavy (non-hydrogen) atoms. The van der Waals surface area contributed by atoms with E-state index in [0.29, 0.717) is 6.54 Å². The van der Waals surface area contributed by atoms with E-state index >= 15 is 0 Å². The van der Waals surface area contributed by atoms with Crippen LogP contribution in [-0.4, -0.2) is 44.7 Å². The molecule has 1 amide bonds. The Hall–Kier alpha value is -1.75. The van der Waals surface area contributed by atoms with Crippen LogP contribution >= 0.6 is 0 Å². The molecular weight excluding hydrogens is 254 g/mol. The molecule has 1 unspecified atom stereocenters. The molecular formula is C15H21N3O2. The lowest BCUT2D eigenvalue weighted by atomic mass is 10.1. The van der Waals surface area contributed by atoms with Crippen LogP contribution in [0.2, 0.25) is 0 Å². The average molecular weight is 275 g/mol. The van der Waals surface area contributed by atoms with Crippen LogP contribution in [0, 0.1) is 0 Å². The zero-order chi connectivity index (χ0) is 14.1. The second-order valence-corrected chi connectivity index (χ2v) is 5.21. The highest BCUT2D eigenvalue weighted by Gasteiger charge is 2.33. The van der Waals surface area contributed by atoms with Gasteiger partial charge in [-0.25, -0.2) is 0 Å². The maximum absolute atomic E-state index is 12.2. The molecule has 2 aliphatic rings. The summed E-state index contributed by atoms with van der Waals surface area (Å²) < 4.78 is 5.91. The van der Waals surface area contributed by atoms with E-state index in [1.54, 1.807) is 0 Å². The number of carbonyl (C=O) groups is 1. The van der Waals surface area contributed by atoms with E-state index in [0.717, 1.165) is 43.3 Å². The molecule has 1 N–H and O–H groups in total. The van der Waals surface area contributed by atoms with Crippen LogP contribution in [0.1, 0.15) is 13.8 Å². The summed E-state index contributed by atoms with van der Waals surface area (Å²) in [4.78, 5) is 16.3. The van der Waals surface area contributed by atoms with Gasteiger partial charge in [-0.15, -0.1) is 0 Å². The first-order valence-electron chi connectivity index (χ1n) is 7.29. The molecule has 1 saturated heterocycles. The largest absolute Gasteiger partial charge is 0.476 e. The molecule has 0 spiro atoms. The van der Waals surface area contributed by atoms with E-state index in [2.05, 4.69) is 16.3 Å². The topological polar surface area (TPSA) is 44.8 Å². The predicted octanol–water partition coefficient (Wildman–Crippen LogP) is 1.23. The minimum atomic E-state index is -0.411. The van der Waals surface area contributed by atoms with Crippen molar-refractivity contribution in [1.29, 1.82) is 0 Å². The van der Waals surface area contributed by atoms with Gasteiger partial charge in [0.05, 0.1) is 11.4 Å². The molecule has 108 valence electrons. The normalized spacial score (nSPS) is 22.5. The molecule has 1 fully saturated rings. The maximum Gasteiger partial charge on any atom is 0.267 e. The van der Waals surface area contributed by atoms with Gasteiger partial charge in [-0.3, -0.25) is 4.79 Å². The molecule has 2 heterocycles. The van der Waals surface area contributed by atoms with Crippen molar-refractivity contribution in [3.05, 3.63) is 18.2 Å². The van der Waals surface area contributed by atoms with Gasteiger partial charge in [-0.1, -0.05) is 6.07 Å². The summed E-state index contributed by atoms with van der Waals surface area (Å²) in [6, 6.07) is 6.06. The van der Waals surface area contributed by atoms with Crippen LogP contribution in [0.3, 0.4) is 0 Å². The van der Waals surface area contributed by atoms with Crippen molar-refractivity contribution < 1.29 is 9.53 Å². The molecule has 3 rings (SSSR count). The minimum absolute atomic E-state index is 0.0393. The Kier molecular flexibility index (Phi) is 3.53. The molecule has 0 bridgehead atoms. The quantitative estimate of drug-likeness (QED) is 0.882. The minimum Gasteiger partial charge on any atom is -0.476 e. The summed E-state index contributed by atoms with van der Waals surface area (Å²) in [5, 5.41) is 3.35. The number of piperazine rings is 1. The third kappa shape index (κ3) is 2.12. The lowest BCUT2D eigenvalue weighted by molar-refractivity contribution is -0.125. The number of para-hydroxylation sites is 1. The number of ether oxygens (including phenoxy) is 1. The van der Waals surface area contributed by atoms with Crippen molar-refractivity contribution in [3.63, 3.8) is 0 Å². The van der Waals surface area contributed by atoms with E-state index in [1.165, 1.54) is 0 Å². The zero-order valence-electron chi connectivity index (χ0n) is 12.1. The predicted molar refractivity (Wildman–Crippen MR) is 79.6 cm³/mol. The molecule has 5 nitrogen and oxygen atoms in total. The number of rotatable bonds is 2. The Labute approximate surface area is 119 Å². The summed E-state index contributed by atoms with van der Waals surface area (Å²) >= 11 is 0. The van der Waals surface area contributed by atoms with Gasteiger partial charge in [0, 0.05) is 32.7 Å². The van der Waals surface area contributed by atoms with Crippen molar-refractivity contribution in [2.75, 3.05) is 42.5 Å². The SMILES string of the molecule is CCN1C(=O)C(C)Oc2c(N3CCNCC3)cccc21. The fourth-order valence-corrected chi connectivity index (χ4v) is 2.89. The number of fused-ring (bicyclic) bond motifs is 1. The van der Waals surface area contributed by atoms with E-state index in [-0.39, 0.29) is 5.91 Å². The Morgan fingerprint density at radius 2 is 2.00 bits per heavy atom. The number of hydrogen-bond acceptors (Lipinski definition) is 4. The molecule has 1 aromatic rings. The molecule has 0 saturated carbocycles. The van der Waals surface area contributed by atoms with Crippen LogP contribution < -0.4 is 19.9 Å². The maximum atomic E-state index is 12.2. The lowest BCUT2D eigenvalue weighted by Crippen LogP contribution is -2.46. The second kappa shape index (κ2) is 5.32. The Morgan fingerprint density at radius 1 is 1.30 bits per heavy atom. The molecule has 2 aliphatic heterocycles. The smallest absolute Gasteiger partial charge is 0.267 e. The van der Waals surface area contributed by atoms with E-state index < -0.39 is 6.10 Å². The number of carbonyl (C=O) groups excluding carboxylic acids is 1. The molecule has 5 heteroatoms. The summed E-state index contributed by atoms with van der Waals surface area (Å²) in [6.45, 7) is 8.39. The van der Waals surface area contributed by atoms with Gasteiger partial charge in [0.2, 0.25) is 0 Å². The van der Waals surface area contributed by atoms with Crippen molar-refractivity contribution in [2.24, 2.45) is 0 Å². The fraction of sp³-hybridized carbons (Fsp3) is 0.533. The molecule has 1 aromatic carbocycles. The highest BCUT2D eigenvalue weighted by molar-refractivity contribution is 6.01. The summed E-state index contributed by atoms with van der Waals surface area (Å²) in [5.74, 6) is 0.890. The Balaban J connectivity index is 2.02. The van der Waals surface area contributed by atoms with Crippen molar-refractivity contribution in [1.82, 2.24) is 5.32 Å². The van der Waals surface area contributed by atoms with Gasteiger partial charge >= 0.3 is 0 Å².